The summed E-state index contributed by atoms with van der Waals surface area (Å²) in [6, 6.07) is 18.7. The van der Waals surface area contributed by atoms with E-state index in [4.69, 9.17) is 9.47 Å². The van der Waals surface area contributed by atoms with Crippen LogP contribution in [0.25, 0.3) is 16.6 Å². The van der Waals surface area contributed by atoms with Crippen LogP contribution in [0, 0.1) is 5.82 Å². The molecular weight excluding hydrogens is 395 g/mol. The molecule has 0 saturated carbocycles. The van der Waals surface area contributed by atoms with E-state index in [-0.39, 0.29) is 11.9 Å². The molecule has 1 aliphatic rings. The van der Waals surface area contributed by atoms with Gasteiger partial charge in [-0.1, -0.05) is 35.5 Å². The van der Waals surface area contributed by atoms with Crippen LogP contribution in [-0.2, 0) is 11.3 Å². The Balaban J connectivity index is 1.35. The standard InChI is InChI=1S/C24H23FN4O2/c1-30-21-9-4-18(5-10-21)19-6-11-22-24(26-27-29(22)15-19)23-16-28(12-13-31-23)14-17-2-7-20(25)8-3-17/h2-11,15,23H,12-14,16H2,1H3. The molecule has 1 aliphatic heterocycles. The van der Waals surface area contributed by atoms with E-state index in [0.717, 1.165) is 46.7 Å². The molecule has 7 heteroatoms. The molecule has 1 saturated heterocycles. The predicted molar refractivity (Wildman–Crippen MR) is 115 cm³/mol. The van der Waals surface area contributed by atoms with Gasteiger partial charge in [0, 0.05) is 31.4 Å². The van der Waals surface area contributed by atoms with Crippen molar-refractivity contribution in [1.82, 2.24) is 19.7 Å². The van der Waals surface area contributed by atoms with E-state index < -0.39 is 0 Å². The van der Waals surface area contributed by atoms with E-state index in [2.05, 4.69) is 21.3 Å². The first-order valence-corrected chi connectivity index (χ1v) is 10.3. The highest BCUT2D eigenvalue weighted by atomic mass is 19.1. The van der Waals surface area contributed by atoms with Crippen LogP contribution in [-0.4, -0.2) is 46.5 Å². The summed E-state index contributed by atoms with van der Waals surface area (Å²) in [4.78, 5) is 2.30. The summed E-state index contributed by atoms with van der Waals surface area (Å²) >= 11 is 0. The maximum Gasteiger partial charge on any atom is 0.123 e. The largest absolute Gasteiger partial charge is 0.497 e. The molecule has 158 valence electrons. The van der Waals surface area contributed by atoms with Crippen LogP contribution in [0.1, 0.15) is 17.4 Å². The zero-order chi connectivity index (χ0) is 21.2. The molecule has 1 fully saturated rings. The Hall–Kier alpha value is -3.29. The third-order valence-corrected chi connectivity index (χ3v) is 5.64. The Morgan fingerprint density at radius 2 is 1.81 bits per heavy atom. The first-order valence-electron chi connectivity index (χ1n) is 10.3. The number of fused-ring (bicyclic) bond motifs is 1. The molecule has 0 N–H and O–H groups in total. The van der Waals surface area contributed by atoms with Crippen LogP contribution in [0.4, 0.5) is 4.39 Å². The van der Waals surface area contributed by atoms with E-state index in [1.165, 1.54) is 12.1 Å². The topological polar surface area (TPSA) is 51.9 Å². The highest BCUT2D eigenvalue weighted by Crippen LogP contribution is 2.28. The molecule has 0 amide bonds. The van der Waals surface area contributed by atoms with E-state index in [0.29, 0.717) is 13.2 Å². The van der Waals surface area contributed by atoms with Crippen LogP contribution in [0.3, 0.4) is 0 Å². The normalized spacial score (nSPS) is 17.2. The van der Waals surface area contributed by atoms with Crippen molar-refractivity contribution < 1.29 is 13.9 Å². The summed E-state index contributed by atoms with van der Waals surface area (Å²) in [5.41, 5.74) is 4.99. The molecule has 0 aliphatic carbocycles. The van der Waals surface area contributed by atoms with Gasteiger partial charge in [0.1, 0.15) is 23.4 Å². The Kier molecular flexibility index (Phi) is 5.36. The van der Waals surface area contributed by atoms with Crippen molar-refractivity contribution in [3.8, 4) is 16.9 Å². The van der Waals surface area contributed by atoms with Gasteiger partial charge in [0.05, 0.1) is 19.2 Å². The van der Waals surface area contributed by atoms with E-state index in [9.17, 15) is 4.39 Å². The molecule has 0 radical (unpaired) electrons. The van der Waals surface area contributed by atoms with E-state index in [1.807, 2.05) is 48.7 Å². The number of hydrogen-bond donors (Lipinski definition) is 0. The first kappa shape index (κ1) is 19.7. The predicted octanol–water partition coefficient (Wildman–Crippen LogP) is 4.12. The summed E-state index contributed by atoms with van der Waals surface area (Å²) in [5.74, 6) is 0.612. The quantitative estimate of drug-likeness (QED) is 0.488. The molecule has 2 aromatic heterocycles. The molecule has 1 atom stereocenters. The van der Waals surface area contributed by atoms with Crippen LogP contribution in [0.5, 0.6) is 5.75 Å². The van der Waals surface area contributed by atoms with Gasteiger partial charge in [0.2, 0.25) is 0 Å². The smallest absolute Gasteiger partial charge is 0.123 e. The Labute approximate surface area is 179 Å². The minimum Gasteiger partial charge on any atom is -0.497 e. The van der Waals surface area contributed by atoms with Gasteiger partial charge in [0.25, 0.3) is 0 Å². The minimum atomic E-state index is -0.215. The van der Waals surface area contributed by atoms with Crippen molar-refractivity contribution in [1.29, 1.82) is 0 Å². The van der Waals surface area contributed by atoms with Crippen LogP contribution < -0.4 is 4.74 Å². The Morgan fingerprint density at radius 1 is 1.03 bits per heavy atom. The summed E-state index contributed by atoms with van der Waals surface area (Å²) in [5, 5.41) is 8.76. The van der Waals surface area contributed by atoms with Gasteiger partial charge < -0.3 is 9.47 Å². The van der Waals surface area contributed by atoms with Crippen molar-refractivity contribution in [2.45, 2.75) is 12.6 Å². The number of hydrogen-bond acceptors (Lipinski definition) is 5. The van der Waals surface area contributed by atoms with Gasteiger partial charge in [-0.15, -0.1) is 5.10 Å². The number of morpholine rings is 1. The van der Waals surface area contributed by atoms with Crippen LogP contribution in [0.2, 0.25) is 0 Å². The number of pyridine rings is 1. The lowest BCUT2D eigenvalue weighted by Gasteiger charge is -2.32. The van der Waals surface area contributed by atoms with Crippen molar-refractivity contribution in [2.75, 3.05) is 26.8 Å². The lowest BCUT2D eigenvalue weighted by atomic mass is 10.1. The van der Waals surface area contributed by atoms with E-state index in [1.54, 1.807) is 11.6 Å². The van der Waals surface area contributed by atoms with Crippen LogP contribution >= 0.6 is 0 Å². The molecule has 31 heavy (non-hydrogen) atoms. The fourth-order valence-corrected chi connectivity index (χ4v) is 3.96. The zero-order valence-electron chi connectivity index (χ0n) is 17.2. The zero-order valence-corrected chi connectivity index (χ0v) is 17.2. The third-order valence-electron chi connectivity index (χ3n) is 5.64. The van der Waals surface area contributed by atoms with Gasteiger partial charge in [-0.05, 0) is 41.5 Å². The molecule has 1 unspecified atom stereocenters. The Bertz CT molecular complexity index is 1170. The van der Waals surface area contributed by atoms with Crippen molar-refractivity contribution >= 4 is 5.52 Å². The molecular formula is C24H23FN4O2. The highest BCUT2D eigenvalue weighted by molar-refractivity contribution is 5.66. The maximum absolute atomic E-state index is 13.2. The second-order valence-electron chi connectivity index (χ2n) is 7.67. The molecule has 5 rings (SSSR count). The summed E-state index contributed by atoms with van der Waals surface area (Å²) in [7, 11) is 1.66. The number of benzene rings is 2. The molecule has 0 bridgehead atoms. The maximum atomic E-state index is 13.2. The van der Waals surface area contributed by atoms with Crippen molar-refractivity contribution in [3.63, 3.8) is 0 Å². The summed E-state index contributed by atoms with van der Waals surface area (Å²) < 4.78 is 26.2. The lowest BCUT2D eigenvalue weighted by Crippen LogP contribution is -2.38. The second kappa shape index (κ2) is 8.45. The van der Waals surface area contributed by atoms with Gasteiger partial charge >= 0.3 is 0 Å². The van der Waals surface area contributed by atoms with Gasteiger partial charge in [-0.25, -0.2) is 8.91 Å². The lowest BCUT2D eigenvalue weighted by molar-refractivity contribution is -0.0343. The first-order chi connectivity index (χ1) is 15.2. The molecule has 4 aromatic rings. The summed E-state index contributed by atoms with van der Waals surface area (Å²) in [6.45, 7) is 2.91. The number of halogens is 1. The summed E-state index contributed by atoms with van der Waals surface area (Å²) in [6.07, 6.45) is 1.82. The number of aromatic nitrogens is 3. The second-order valence-corrected chi connectivity index (χ2v) is 7.67. The highest BCUT2D eigenvalue weighted by Gasteiger charge is 2.26. The van der Waals surface area contributed by atoms with Crippen LogP contribution in [0.15, 0.2) is 66.9 Å². The fraction of sp³-hybridized carbons (Fsp3) is 0.250. The van der Waals surface area contributed by atoms with Gasteiger partial charge in [0.15, 0.2) is 0 Å². The number of nitrogens with zero attached hydrogens (tertiary/aromatic N) is 4. The Morgan fingerprint density at radius 3 is 2.58 bits per heavy atom. The third kappa shape index (κ3) is 4.15. The van der Waals surface area contributed by atoms with E-state index >= 15 is 0 Å². The number of methoxy groups -OCH3 is 1. The van der Waals surface area contributed by atoms with Gasteiger partial charge in [-0.3, -0.25) is 4.90 Å². The minimum absolute atomic E-state index is 0.154. The molecule has 6 nitrogen and oxygen atoms in total. The fourth-order valence-electron chi connectivity index (χ4n) is 3.96. The monoisotopic (exact) mass is 418 g/mol. The number of ether oxygens (including phenoxy) is 2. The average Bonchev–Trinajstić information content (AvgIpc) is 3.24. The van der Waals surface area contributed by atoms with Crippen molar-refractivity contribution in [2.24, 2.45) is 0 Å². The molecule has 3 heterocycles. The molecule has 0 spiro atoms. The molecule has 2 aromatic carbocycles. The average molecular weight is 418 g/mol. The SMILES string of the molecule is COc1ccc(-c2ccc3c(C4CN(Cc5ccc(F)cc5)CCO4)nnn3c2)cc1. The van der Waals surface area contributed by atoms with Gasteiger partial charge in [-0.2, -0.15) is 0 Å². The van der Waals surface area contributed by atoms with Crippen molar-refractivity contribution in [3.05, 3.63) is 83.9 Å². The number of rotatable bonds is 5.